The van der Waals surface area contributed by atoms with E-state index in [2.05, 4.69) is 43.5 Å². The molecule has 0 aromatic heterocycles. The van der Waals surface area contributed by atoms with Crippen LogP contribution in [0.3, 0.4) is 0 Å². The first kappa shape index (κ1) is 78.3. The van der Waals surface area contributed by atoms with E-state index in [1.807, 2.05) is 0 Å². The van der Waals surface area contributed by atoms with Crippen LogP contribution in [0, 0.1) is 0 Å². The minimum Gasteiger partial charge on any atom is -0.466 e. The number of hydrogen-bond donors (Lipinski definition) is 3. The van der Waals surface area contributed by atoms with Gasteiger partial charge in [-0.25, -0.2) is 0 Å². The van der Waals surface area contributed by atoms with Crippen molar-refractivity contribution < 1.29 is 24.5 Å². The number of esters is 1. The lowest BCUT2D eigenvalue weighted by atomic mass is 10.0. The number of rotatable bonds is 69. The Morgan fingerprint density at radius 2 is 0.625 bits per heavy atom. The van der Waals surface area contributed by atoms with Crippen LogP contribution in [0.5, 0.6) is 0 Å². The Morgan fingerprint density at radius 1 is 0.350 bits per heavy atom. The van der Waals surface area contributed by atoms with Gasteiger partial charge in [-0.1, -0.05) is 366 Å². The van der Waals surface area contributed by atoms with Gasteiger partial charge in [0.25, 0.3) is 0 Å². The maximum Gasteiger partial charge on any atom is 0.305 e. The highest BCUT2D eigenvalue weighted by Gasteiger charge is 2.20. The number of allylic oxidation sites excluding steroid dienone is 4. The minimum atomic E-state index is -0.672. The van der Waals surface area contributed by atoms with Gasteiger partial charge in [-0.05, 0) is 57.8 Å². The second kappa shape index (κ2) is 69.8. The molecular weight excluding hydrogens is 983 g/mol. The molecule has 0 aliphatic carbocycles. The van der Waals surface area contributed by atoms with E-state index in [1.165, 1.54) is 334 Å². The summed E-state index contributed by atoms with van der Waals surface area (Å²) in [4.78, 5) is 24.6. The first-order valence-electron chi connectivity index (χ1n) is 36.6. The van der Waals surface area contributed by atoms with Crippen molar-refractivity contribution in [3.63, 3.8) is 0 Å². The summed E-state index contributed by atoms with van der Waals surface area (Å²) >= 11 is 0. The molecule has 80 heavy (non-hydrogen) atoms. The highest BCUT2D eigenvalue weighted by molar-refractivity contribution is 5.76. The maximum atomic E-state index is 12.6. The monoisotopic (exact) mass is 1130 g/mol. The van der Waals surface area contributed by atoms with Crippen LogP contribution in [0.25, 0.3) is 0 Å². The summed E-state index contributed by atoms with van der Waals surface area (Å²) in [6, 6.07) is -0.551. The summed E-state index contributed by atoms with van der Waals surface area (Å²) < 4.78 is 5.50. The van der Waals surface area contributed by atoms with E-state index in [0.29, 0.717) is 25.9 Å². The fourth-order valence-corrected chi connectivity index (χ4v) is 11.7. The third kappa shape index (κ3) is 65.5. The first-order chi connectivity index (χ1) is 39.5. The van der Waals surface area contributed by atoms with Crippen LogP contribution < -0.4 is 5.32 Å². The zero-order valence-electron chi connectivity index (χ0n) is 54.3. The lowest BCUT2D eigenvalue weighted by Crippen LogP contribution is -2.45. The van der Waals surface area contributed by atoms with Gasteiger partial charge < -0.3 is 20.3 Å². The van der Waals surface area contributed by atoms with Crippen molar-refractivity contribution in [2.45, 2.75) is 424 Å². The number of ether oxygens (including phenoxy) is 1. The summed E-state index contributed by atoms with van der Waals surface area (Å²) in [5.41, 5.74) is 0. The largest absolute Gasteiger partial charge is 0.466 e. The molecule has 0 fully saturated rings. The molecule has 0 aromatic carbocycles. The average molecular weight is 1130 g/mol. The van der Waals surface area contributed by atoms with Gasteiger partial charge in [0.2, 0.25) is 5.91 Å². The normalized spacial score (nSPS) is 12.6. The van der Waals surface area contributed by atoms with Gasteiger partial charge in [0.1, 0.15) is 0 Å². The lowest BCUT2D eigenvalue weighted by Gasteiger charge is -2.22. The quantitative estimate of drug-likeness (QED) is 0.0320. The van der Waals surface area contributed by atoms with E-state index >= 15 is 0 Å². The smallest absolute Gasteiger partial charge is 0.305 e. The van der Waals surface area contributed by atoms with E-state index in [4.69, 9.17) is 4.74 Å². The molecule has 0 aromatic rings. The van der Waals surface area contributed by atoms with E-state index in [1.54, 1.807) is 0 Å². The van der Waals surface area contributed by atoms with Crippen molar-refractivity contribution in [2.75, 3.05) is 13.2 Å². The van der Waals surface area contributed by atoms with E-state index in [-0.39, 0.29) is 18.5 Å². The first-order valence-corrected chi connectivity index (χ1v) is 36.6. The van der Waals surface area contributed by atoms with Gasteiger partial charge in [-0.3, -0.25) is 9.59 Å². The topological polar surface area (TPSA) is 95.9 Å². The molecule has 2 unspecified atom stereocenters. The lowest BCUT2D eigenvalue weighted by molar-refractivity contribution is -0.143. The zero-order valence-corrected chi connectivity index (χ0v) is 54.3. The van der Waals surface area contributed by atoms with Crippen LogP contribution in [0.15, 0.2) is 24.3 Å². The molecule has 0 aliphatic heterocycles. The third-order valence-corrected chi connectivity index (χ3v) is 17.3. The van der Waals surface area contributed by atoms with Gasteiger partial charge in [0, 0.05) is 12.8 Å². The van der Waals surface area contributed by atoms with Gasteiger partial charge in [-0.2, -0.15) is 0 Å². The SMILES string of the molecule is CCCCCCCCCCCCCCCCCCCCCCCCCCC(O)C(CO)NC(=O)CCCCCCCCC/C=C\C/C=C\CCCCCCCCCCCOC(=O)CCCCCCCCCCCCCCCCCC. The van der Waals surface area contributed by atoms with Crippen LogP contribution in [0.4, 0.5) is 0 Å². The molecule has 0 heterocycles. The molecule has 6 heteroatoms. The Bertz CT molecular complexity index is 1250. The van der Waals surface area contributed by atoms with Gasteiger partial charge in [-0.15, -0.1) is 0 Å². The van der Waals surface area contributed by atoms with Crippen LogP contribution >= 0.6 is 0 Å². The summed E-state index contributed by atoms with van der Waals surface area (Å²) in [6.07, 6.45) is 88.0. The second-order valence-electron chi connectivity index (χ2n) is 25.3. The Morgan fingerprint density at radius 3 is 0.950 bits per heavy atom. The Labute approximate surface area is 501 Å². The second-order valence-corrected chi connectivity index (χ2v) is 25.3. The van der Waals surface area contributed by atoms with Crippen molar-refractivity contribution in [3.8, 4) is 0 Å². The predicted molar refractivity (Wildman–Crippen MR) is 352 cm³/mol. The summed E-state index contributed by atoms with van der Waals surface area (Å²) in [5, 5.41) is 23.4. The van der Waals surface area contributed by atoms with Crippen LogP contribution in [-0.4, -0.2) is 47.4 Å². The number of hydrogen-bond acceptors (Lipinski definition) is 5. The maximum absolute atomic E-state index is 12.6. The molecule has 1 amide bonds. The third-order valence-electron chi connectivity index (χ3n) is 17.3. The van der Waals surface area contributed by atoms with Gasteiger partial charge in [0.05, 0.1) is 25.4 Å². The van der Waals surface area contributed by atoms with Crippen molar-refractivity contribution in [2.24, 2.45) is 0 Å². The Hall–Kier alpha value is -1.66. The van der Waals surface area contributed by atoms with Crippen molar-refractivity contribution >= 4 is 11.9 Å². The molecule has 0 radical (unpaired) electrons. The van der Waals surface area contributed by atoms with Gasteiger partial charge >= 0.3 is 5.97 Å². The fourth-order valence-electron chi connectivity index (χ4n) is 11.7. The zero-order chi connectivity index (χ0) is 57.8. The Kier molecular flexibility index (Phi) is 68.4. The van der Waals surface area contributed by atoms with E-state index in [0.717, 1.165) is 44.9 Å². The molecule has 0 aliphatic rings. The molecule has 0 bridgehead atoms. The van der Waals surface area contributed by atoms with Gasteiger partial charge in [0.15, 0.2) is 0 Å². The van der Waals surface area contributed by atoms with Crippen LogP contribution in [0.1, 0.15) is 412 Å². The molecule has 0 saturated carbocycles. The number of carbonyl (C=O) groups is 2. The highest BCUT2D eigenvalue weighted by Crippen LogP contribution is 2.19. The molecule has 0 spiro atoms. The molecule has 3 N–H and O–H groups in total. The standard InChI is InChI=1S/C74H143NO5/c1-3-5-7-9-11-13-15-17-19-21-22-23-24-26-29-32-35-38-42-46-50-54-58-62-66-72(77)71(70-76)75-73(78)67-63-59-55-51-47-43-39-36-33-30-27-25-28-31-34-37-41-45-49-53-57-61-65-69-80-74(79)68-64-60-56-52-48-44-40-20-18-16-14-12-10-8-6-4-2/h25,28,30,33,71-72,76-77H,3-24,26-27,29,31-32,34-70H2,1-2H3,(H,75,78)/b28-25-,33-30-. The molecular formula is C74H143NO5. The summed E-state index contributed by atoms with van der Waals surface area (Å²) in [6.45, 7) is 4.99. The van der Waals surface area contributed by atoms with Crippen molar-refractivity contribution in [3.05, 3.63) is 24.3 Å². The molecule has 2 atom stereocenters. The van der Waals surface area contributed by atoms with Crippen LogP contribution in [-0.2, 0) is 14.3 Å². The van der Waals surface area contributed by atoms with E-state index < -0.39 is 12.1 Å². The molecule has 6 nitrogen and oxygen atoms in total. The summed E-state index contributed by atoms with van der Waals surface area (Å²) in [7, 11) is 0. The highest BCUT2D eigenvalue weighted by atomic mass is 16.5. The fraction of sp³-hybridized carbons (Fsp3) is 0.919. The number of aliphatic hydroxyl groups is 2. The average Bonchev–Trinajstić information content (AvgIpc) is 3.46. The number of carbonyl (C=O) groups excluding carboxylic acids is 2. The number of amides is 1. The predicted octanol–water partition coefficient (Wildman–Crippen LogP) is 23.7. The minimum absolute atomic E-state index is 0.0116. The number of nitrogens with one attached hydrogen (secondary N) is 1. The number of unbranched alkanes of at least 4 members (excludes halogenated alkanes) is 54. The van der Waals surface area contributed by atoms with Crippen LogP contribution in [0.2, 0.25) is 0 Å². The molecule has 0 rings (SSSR count). The van der Waals surface area contributed by atoms with Crippen molar-refractivity contribution in [1.82, 2.24) is 5.32 Å². The molecule has 474 valence electrons. The van der Waals surface area contributed by atoms with Crippen molar-refractivity contribution in [1.29, 1.82) is 0 Å². The Balaban J connectivity index is 3.43. The molecule has 0 saturated heterocycles. The van der Waals surface area contributed by atoms with E-state index in [9.17, 15) is 19.8 Å². The number of aliphatic hydroxyl groups excluding tert-OH is 2. The summed E-state index contributed by atoms with van der Waals surface area (Å²) in [5.74, 6) is -0.0289.